The van der Waals surface area contributed by atoms with Gasteiger partial charge in [-0.05, 0) is 60.9 Å². The topological polar surface area (TPSA) is 102 Å². The number of benzene rings is 2. The molecule has 1 aromatic heterocycles. The lowest BCUT2D eigenvalue weighted by molar-refractivity contribution is 0.402. The average Bonchev–Trinajstić information content (AvgIpc) is 2.76. The maximum Gasteiger partial charge on any atom is 0.244 e. The highest BCUT2D eigenvalue weighted by Crippen LogP contribution is 2.30. The van der Waals surface area contributed by atoms with E-state index in [9.17, 15) is 16.8 Å². The van der Waals surface area contributed by atoms with Crippen LogP contribution in [0.15, 0.2) is 76.8 Å². The minimum atomic E-state index is -4.05. The molecule has 1 unspecified atom stereocenters. The van der Waals surface area contributed by atoms with Gasteiger partial charge in [-0.3, -0.25) is 4.98 Å². The number of sulfone groups is 1. The molecule has 164 valence electrons. The van der Waals surface area contributed by atoms with E-state index in [2.05, 4.69) is 9.71 Å². The molecule has 1 heterocycles. The quantitative estimate of drug-likeness (QED) is 0.554. The van der Waals surface area contributed by atoms with E-state index in [-0.39, 0.29) is 22.1 Å². The predicted octanol–water partition coefficient (Wildman–Crippen LogP) is 3.20. The van der Waals surface area contributed by atoms with Gasteiger partial charge < -0.3 is 4.74 Å². The molecule has 9 heteroatoms. The van der Waals surface area contributed by atoms with Crippen molar-refractivity contribution < 1.29 is 21.6 Å². The summed E-state index contributed by atoms with van der Waals surface area (Å²) in [5.74, 6) is 0.194. The Morgan fingerprint density at radius 3 is 2.26 bits per heavy atom. The van der Waals surface area contributed by atoms with Crippen LogP contribution in [0.1, 0.15) is 21.9 Å². The molecule has 1 atom stereocenters. The summed E-state index contributed by atoms with van der Waals surface area (Å²) in [5, 5.41) is -1.16. The lowest BCUT2D eigenvalue weighted by atomic mass is 10.1. The Balaban J connectivity index is 2.00. The molecular weight excluding hydrogens is 436 g/mol. The maximum atomic E-state index is 13.3. The number of aromatic nitrogens is 1. The Bertz CT molecular complexity index is 1260. The van der Waals surface area contributed by atoms with Crippen LogP contribution < -0.4 is 9.46 Å². The van der Waals surface area contributed by atoms with Crippen LogP contribution in [0.25, 0.3) is 0 Å². The molecule has 0 aliphatic carbocycles. The van der Waals surface area contributed by atoms with E-state index in [0.717, 1.165) is 11.1 Å². The zero-order chi connectivity index (χ0) is 22.6. The summed E-state index contributed by atoms with van der Waals surface area (Å²) in [6, 6.07) is 14.3. The monoisotopic (exact) mass is 460 g/mol. The standard InChI is InChI=1S/C22H24N2O5S2/c1-16-12-20(29-3)21(13-17(16)2)31(27,28)24-15-22(18-8-7-11-23-14-18)30(25,26)19-9-5-4-6-10-19/h4-14,22,24H,15H2,1-3H3. The molecule has 2 aromatic carbocycles. The Kier molecular flexibility index (Phi) is 6.78. The van der Waals surface area contributed by atoms with Gasteiger partial charge in [0, 0.05) is 18.9 Å². The highest BCUT2D eigenvalue weighted by Gasteiger charge is 2.31. The van der Waals surface area contributed by atoms with Gasteiger partial charge in [0.1, 0.15) is 15.9 Å². The van der Waals surface area contributed by atoms with Crippen LogP contribution in [0.2, 0.25) is 0 Å². The van der Waals surface area contributed by atoms with Gasteiger partial charge in [0.15, 0.2) is 9.84 Å². The summed E-state index contributed by atoms with van der Waals surface area (Å²) in [5.41, 5.74) is 2.05. The summed E-state index contributed by atoms with van der Waals surface area (Å²) in [6.45, 7) is 3.29. The fourth-order valence-corrected chi connectivity index (χ4v) is 6.20. The van der Waals surface area contributed by atoms with Crippen molar-refractivity contribution in [2.75, 3.05) is 13.7 Å². The summed E-state index contributed by atoms with van der Waals surface area (Å²) in [6.07, 6.45) is 2.95. The van der Waals surface area contributed by atoms with E-state index in [0.29, 0.717) is 5.56 Å². The second-order valence-electron chi connectivity index (χ2n) is 7.07. The van der Waals surface area contributed by atoms with Crippen LogP contribution in [0.4, 0.5) is 0 Å². The minimum Gasteiger partial charge on any atom is -0.495 e. The van der Waals surface area contributed by atoms with Gasteiger partial charge in [-0.1, -0.05) is 24.3 Å². The Hall–Kier alpha value is -2.75. The fraction of sp³-hybridized carbons (Fsp3) is 0.227. The van der Waals surface area contributed by atoms with Crippen molar-refractivity contribution in [3.05, 3.63) is 83.7 Å². The molecule has 3 aromatic rings. The number of ether oxygens (including phenoxy) is 1. The molecule has 3 rings (SSSR count). The smallest absolute Gasteiger partial charge is 0.244 e. The van der Waals surface area contributed by atoms with Crippen molar-refractivity contribution in [2.45, 2.75) is 28.9 Å². The fourth-order valence-electron chi connectivity index (χ4n) is 3.14. The van der Waals surface area contributed by atoms with Gasteiger partial charge in [-0.2, -0.15) is 0 Å². The molecule has 0 aliphatic rings. The highest BCUT2D eigenvalue weighted by atomic mass is 32.2. The number of methoxy groups -OCH3 is 1. The van der Waals surface area contributed by atoms with E-state index in [4.69, 9.17) is 4.74 Å². The van der Waals surface area contributed by atoms with Gasteiger partial charge in [-0.25, -0.2) is 21.6 Å². The van der Waals surface area contributed by atoms with E-state index in [1.807, 2.05) is 6.92 Å². The van der Waals surface area contributed by atoms with E-state index in [1.54, 1.807) is 43.3 Å². The van der Waals surface area contributed by atoms with Crippen molar-refractivity contribution in [2.24, 2.45) is 0 Å². The first-order valence-corrected chi connectivity index (χ1v) is 12.5. The number of hydrogen-bond donors (Lipinski definition) is 1. The first-order valence-electron chi connectivity index (χ1n) is 9.50. The van der Waals surface area contributed by atoms with Crippen LogP contribution in [-0.2, 0) is 19.9 Å². The van der Waals surface area contributed by atoms with Gasteiger partial charge in [0.25, 0.3) is 0 Å². The van der Waals surface area contributed by atoms with Crippen molar-refractivity contribution in [1.82, 2.24) is 9.71 Å². The Morgan fingerprint density at radius 2 is 1.65 bits per heavy atom. The lowest BCUT2D eigenvalue weighted by Gasteiger charge is -2.19. The molecule has 0 saturated heterocycles. The summed E-state index contributed by atoms with van der Waals surface area (Å²) in [7, 11) is -6.54. The number of aryl methyl sites for hydroxylation is 2. The zero-order valence-electron chi connectivity index (χ0n) is 17.4. The second-order valence-corrected chi connectivity index (χ2v) is 10.9. The lowest BCUT2D eigenvalue weighted by Crippen LogP contribution is -2.32. The summed E-state index contributed by atoms with van der Waals surface area (Å²) >= 11 is 0. The number of sulfonamides is 1. The van der Waals surface area contributed by atoms with Crippen LogP contribution >= 0.6 is 0 Å². The Morgan fingerprint density at radius 1 is 0.968 bits per heavy atom. The van der Waals surface area contributed by atoms with Crippen molar-refractivity contribution in [1.29, 1.82) is 0 Å². The van der Waals surface area contributed by atoms with E-state index < -0.39 is 25.1 Å². The van der Waals surface area contributed by atoms with E-state index >= 15 is 0 Å². The number of pyridine rings is 1. The second kappa shape index (κ2) is 9.17. The summed E-state index contributed by atoms with van der Waals surface area (Å²) < 4.78 is 60.5. The van der Waals surface area contributed by atoms with Crippen LogP contribution in [0.3, 0.4) is 0 Å². The average molecular weight is 461 g/mol. The number of nitrogens with zero attached hydrogens (tertiary/aromatic N) is 1. The van der Waals surface area contributed by atoms with Crippen molar-refractivity contribution >= 4 is 19.9 Å². The minimum absolute atomic E-state index is 0.0415. The molecular formula is C22H24N2O5S2. The molecule has 0 bridgehead atoms. The molecule has 0 radical (unpaired) electrons. The first-order chi connectivity index (χ1) is 14.7. The van der Waals surface area contributed by atoms with Crippen LogP contribution in [0, 0.1) is 13.8 Å². The zero-order valence-corrected chi connectivity index (χ0v) is 19.1. The van der Waals surface area contributed by atoms with E-state index in [1.165, 1.54) is 37.7 Å². The van der Waals surface area contributed by atoms with Crippen molar-refractivity contribution in [3.63, 3.8) is 0 Å². The molecule has 31 heavy (non-hydrogen) atoms. The first kappa shape index (κ1) is 22.9. The van der Waals surface area contributed by atoms with Gasteiger partial charge in [0.2, 0.25) is 10.0 Å². The SMILES string of the molecule is COc1cc(C)c(C)cc1S(=O)(=O)NCC(c1cccnc1)S(=O)(=O)c1ccccc1. The van der Waals surface area contributed by atoms with Crippen LogP contribution in [-0.4, -0.2) is 35.5 Å². The van der Waals surface area contributed by atoms with Crippen LogP contribution in [0.5, 0.6) is 5.75 Å². The molecule has 0 fully saturated rings. The normalized spacial score (nSPS) is 13.0. The maximum absolute atomic E-state index is 13.3. The van der Waals surface area contributed by atoms with Gasteiger partial charge in [0.05, 0.1) is 12.0 Å². The number of hydrogen-bond acceptors (Lipinski definition) is 6. The third kappa shape index (κ3) is 4.95. The molecule has 0 aliphatic heterocycles. The molecule has 0 saturated carbocycles. The largest absolute Gasteiger partial charge is 0.495 e. The molecule has 0 amide bonds. The third-order valence-electron chi connectivity index (χ3n) is 5.03. The third-order valence-corrected chi connectivity index (χ3v) is 8.59. The number of nitrogens with one attached hydrogen (secondary N) is 1. The molecule has 1 N–H and O–H groups in total. The van der Waals surface area contributed by atoms with Gasteiger partial charge in [-0.15, -0.1) is 0 Å². The Labute approximate surface area is 183 Å². The molecule has 7 nitrogen and oxygen atoms in total. The van der Waals surface area contributed by atoms with Crippen molar-refractivity contribution in [3.8, 4) is 5.75 Å². The number of rotatable bonds is 8. The highest BCUT2D eigenvalue weighted by molar-refractivity contribution is 7.92. The van der Waals surface area contributed by atoms with Gasteiger partial charge >= 0.3 is 0 Å². The molecule has 0 spiro atoms. The summed E-state index contributed by atoms with van der Waals surface area (Å²) in [4.78, 5) is 4.06. The predicted molar refractivity (Wildman–Crippen MR) is 118 cm³/mol.